The summed E-state index contributed by atoms with van der Waals surface area (Å²) in [4.78, 5) is 63.8. The number of carbonyl (C=O) groups is 5. The highest BCUT2D eigenvalue weighted by molar-refractivity contribution is 8.00. The van der Waals surface area contributed by atoms with Crippen LogP contribution in [0.1, 0.15) is 38.1 Å². The molecular formula is C21H24N4O6S. The lowest BCUT2D eigenvalue weighted by molar-refractivity contribution is -0.159. The quantitative estimate of drug-likeness (QED) is 0.218. The topological polar surface area (TPSA) is 139 Å². The van der Waals surface area contributed by atoms with Gasteiger partial charge in [0.25, 0.3) is 17.7 Å². The fraction of sp³-hybridized carbons (Fsp3) is 0.381. The smallest absolute Gasteiger partial charge is 0.356 e. The maximum Gasteiger partial charge on any atom is 0.356 e. The Bertz CT molecular complexity index is 1020. The average molecular weight is 461 g/mol. The van der Waals surface area contributed by atoms with Crippen molar-refractivity contribution in [1.29, 1.82) is 0 Å². The van der Waals surface area contributed by atoms with Crippen molar-refractivity contribution >= 4 is 41.4 Å². The molecule has 4 amide bonds. The molecule has 0 spiro atoms. The number of ether oxygens (including phenoxy) is 1. The number of rotatable bonds is 4. The van der Waals surface area contributed by atoms with Gasteiger partial charge in [0, 0.05) is 18.2 Å². The van der Waals surface area contributed by atoms with Crippen LogP contribution in [0.5, 0.6) is 0 Å². The first-order valence-electron chi connectivity index (χ1n) is 9.79. The van der Waals surface area contributed by atoms with Crippen molar-refractivity contribution < 1.29 is 28.7 Å². The molecule has 0 saturated carbocycles. The SMILES string of the molecule is CC(=O)N(N)C(=O)C1=C(C(=O)OC(C)(C)C)N2C(=O)C(NC(=O)c3ccccc3)[C@H]2SC1. The Morgan fingerprint density at radius 2 is 1.81 bits per heavy atom. The van der Waals surface area contributed by atoms with Gasteiger partial charge in [-0.15, -0.1) is 11.8 Å². The van der Waals surface area contributed by atoms with Crippen molar-refractivity contribution in [3.05, 3.63) is 47.2 Å². The van der Waals surface area contributed by atoms with Crippen LogP contribution in [0, 0.1) is 0 Å². The molecule has 1 aromatic carbocycles. The van der Waals surface area contributed by atoms with Crippen molar-refractivity contribution in [3.63, 3.8) is 0 Å². The second kappa shape index (κ2) is 8.75. The van der Waals surface area contributed by atoms with Crippen LogP contribution in [0.15, 0.2) is 41.6 Å². The summed E-state index contributed by atoms with van der Waals surface area (Å²) in [7, 11) is 0. The zero-order valence-corrected chi connectivity index (χ0v) is 18.9. The highest BCUT2D eigenvalue weighted by atomic mass is 32.2. The van der Waals surface area contributed by atoms with Crippen LogP contribution in [0.4, 0.5) is 0 Å². The molecular weight excluding hydrogens is 436 g/mol. The largest absolute Gasteiger partial charge is 0.455 e. The van der Waals surface area contributed by atoms with Crippen LogP contribution in [0.2, 0.25) is 0 Å². The number of benzene rings is 1. The van der Waals surface area contributed by atoms with Gasteiger partial charge in [0.1, 0.15) is 22.7 Å². The van der Waals surface area contributed by atoms with Crippen molar-refractivity contribution in [3.8, 4) is 0 Å². The molecule has 0 aromatic heterocycles. The lowest BCUT2D eigenvalue weighted by Gasteiger charge is -2.49. The number of hydrazine groups is 1. The first-order chi connectivity index (χ1) is 14.9. The van der Waals surface area contributed by atoms with Gasteiger partial charge in [-0.3, -0.25) is 24.1 Å². The van der Waals surface area contributed by atoms with Gasteiger partial charge in [0.2, 0.25) is 5.91 Å². The molecule has 2 aliphatic heterocycles. The Labute approximate surface area is 189 Å². The third-order valence-electron chi connectivity index (χ3n) is 4.70. The van der Waals surface area contributed by atoms with E-state index >= 15 is 0 Å². The van der Waals surface area contributed by atoms with Gasteiger partial charge in [-0.2, -0.15) is 0 Å². The van der Waals surface area contributed by atoms with Gasteiger partial charge in [0.05, 0.1) is 5.57 Å². The van der Waals surface area contributed by atoms with Crippen LogP contribution >= 0.6 is 11.8 Å². The van der Waals surface area contributed by atoms with E-state index in [-0.39, 0.29) is 17.0 Å². The first kappa shape index (κ1) is 23.5. The van der Waals surface area contributed by atoms with E-state index in [1.54, 1.807) is 51.1 Å². The lowest BCUT2D eigenvalue weighted by atomic mass is 10.0. The Hall–Kier alpha value is -3.18. The molecule has 170 valence electrons. The number of nitrogens with two attached hydrogens (primary N) is 1. The Balaban J connectivity index is 1.91. The fourth-order valence-electron chi connectivity index (χ4n) is 3.20. The predicted octanol–water partition coefficient (Wildman–Crippen LogP) is 0.545. The summed E-state index contributed by atoms with van der Waals surface area (Å²) in [5, 5.41) is 2.45. The summed E-state index contributed by atoms with van der Waals surface area (Å²) < 4.78 is 5.40. The van der Waals surface area contributed by atoms with E-state index in [1.165, 1.54) is 11.8 Å². The van der Waals surface area contributed by atoms with Gasteiger partial charge < -0.3 is 10.1 Å². The zero-order valence-electron chi connectivity index (χ0n) is 18.1. The maximum atomic E-state index is 12.9. The third-order valence-corrected chi connectivity index (χ3v) is 5.98. The molecule has 32 heavy (non-hydrogen) atoms. The summed E-state index contributed by atoms with van der Waals surface area (Å²) in [5.41, 5.74) is -0.880. The molecule has 1 unspecified atom stereocenters. The molecule has 11 heteroatoms. The van der Waals surface area contributed by atoms with Crippen LogP contribution < -0.4 is 11.2 Å². The van der Waals surface area contributed by atoms with Crippen LogP contribution in [0.25, 0.3) is 0 Å². The Morgan fingerprint density at radius 1 is 1.19 bits per heavy atom. The number of carbonyl (C=O) groups excluding carboxylic acids is 5. The van der Waals surface area contributed by atoms with Gasteiger partial charge in [-0.1, -0.05) is 18.2 Å². The van der Waals surface area contributed by atoms with Crippen molar-refractivity contribution in [2.75, 3.05) is 5.75 Å². The molecule has 0 aliphatic carbocycles. The van der Waals surface area contributed by atoms with Gasteiger partial charge >= 0.3 is 5.97 Å². The summed E-state index contributed by atoms with van der Waals surface area (Å²) >= 11 is 1.18. The Morgan fingerprint density at radius 3 is 2.38 bits per heavy atom. The van der Waals surface area contributed by atoms with Crippen molar-refractivity contribution in [1.82, 2.24) is 15.2 Å². The average Bonchev–Trinajstić information content (AvgIpc) is 2.74. The number of fused-ring (bicyclic) bond motifs is 1. The van der Waals surface area contributed by atoms with Gasteiger partial charge in [0.15, 0.2) is 0 Å². The monoisotopic (exact) mass is 460 g/mol. The molecule has 2 atom stereocenters. The number of amides is 4. The van der Waals surface area contributed by atoms with E-state index in [4.69, 9.17) is 10.6 Å². The number of esters is 1. The van der Waals surface area contributed by atoms with E-state index in [0.29, 0.717) is 10.6 Å². The number of imide groups is 1. The molecule has 3 rings (SSSR count). The third kappa shape index (κ3) is 4.53. The summed E-state index contributed by atoms with van der Waals surface area (Å²) in [6.45, 7) is 6.04. The molecule has 1 aromatic rings. The minimum absolute atomic E-state index is 0.000539. The first-order valence-corrected chi connectivity index (χ1v) is 10.8. The van der Waals surface area contributed by atoms with Gasteiger partial charge in [-0.25, -0.2) is 15.6 Å². The molecule has 2 aliphatic rings. The molecule has 1 saturated heterocycles. The van der Waals surface area contributed by atoms with Crippen LogP contribution in [0.3, 0.4) is 0 Å². The van der Waals surface area contributed by atoms with Crippen molar-refractivity contribution in [2.24, 2.45) is 5.84 Å². The number of hydrogen-bond donors (Lipinski definition) is 2. The maximum absolute atomic E-state index is 12.9. The molecule has 0 radical (unpaired) electrons. The fourth-order valence-corrected chi connectivity index (χ4v) is 4.53. The van der Waals surface area contributed by atoms with E-state index < -0.39 is 46.6 Å². The number of hydrogen-bond acceptors (Lipinski definition) is 8. The highest BCUT2D eigenvalue weighted by Crippen LogP contribution is 2.41. The predicted molar refractivity (Wildman–Crippen MR) is 115 cm³/mol. The van der Waals surface area contributed by atoms with E-state index in [2.05, 4.69) is 5.32 Å². The van der Waals surface area contributed by atoms with E-state index in [1.807, 2.05) is 0 Å². The summed E-state index contributed by atoms with van der Waals surface area (Å²) in [6, 6.07) is 7.52. The van der Waals surface area contributed by atoms with Gasteiger partial charge in [-0.05, 0) is 32.9 Å². The Kier molecular flexibility index (Phi) is 6.42. The van der Waals surface area contributed by atoms with E-state index in [0.717, 1.165) is 11.8 Å². The minimum atomic E-state index is -0.895. The number of thioether (sulfide) groups is 1. The number of nitrogens with one attached hydrogen (secondary N) is 1. The molecule has 3 N–H and O–H groups in total. The lowest BCUT2D eigenvalue weighted by Crippen LogP contribution is -2.71. The normalized spacial score (nSPS) is 20.2. The number of nitrogens with zero attached hydrogens (tertiary/aromatic N) is 2. The van der Waals surface area contributed by atoms with E-state index in [9.17, 15) is 24.0 Å². The molecule has 0 bridgehead atoms. The molecule has 1 fully saturated rings. The summed E-state index contributed by atoms with van der Waals surface area (Å²) in [6.07, 6.45) is 0. The minimum Gasteiger partial charge on any atom is -0.455 e. The number of β-lactam (4-membered cyclic amide) rings is 1. The standard InChI is InChI=1S/C21H24N4O6S/c1-11(26)25(22)17(28)13-10-32-19-14(23-16(27)12-8-6-5-7-9-12)18(29)24(19)15(13)20(30)31-21(2,3)4/h5-9,14,19H,10,22H2,1-4H3,(H,23,27)/t14?,19-/m1/s1. The zero-order chi connectivity index (χ0) is 23.8. The van der Waals surface area contributed by atoms with Crippen LogP contribution in [-0.4, -0.2) is 62.3 Å². The summed E-state index contributed by atoms with van der Waals surface area (Å²) in [5.74, 6) is 2.05. The molecule has 2 heterocycles. The second-order valence-electron chi connectivity index (χ2n) is 8.25. The van der Waals surface area contributed by atoms with Crippen molar-refractivity contribution in [2.45, 2.75) is 44.7 Å². The second-order valence-corrected chi connectivity index (χ2v) is 9.36. The molecule has 10 nitrogen and oxygen atoms in total. The van der Waals surface area contributed by atoms with Crippen LogP contribution in [-0.2, 0) is 23.9 Å². The highest BCUT2D eigenvalue weighted by Gasteiger charge is 2.55.